The Morgan fingerprint density at radius 3 is 2.25 bits per heavy atom. The number of benzene rings is 2. The van der Waals surface area contributed by atoms with Gasteiger partial charge >= 0.3 is 0 Å². The molecule has 0 saturated heterocycles. The molecule has 4 nitrogen and oxygen atoms in total. The van der Waals surface area contributed by atoms with Crippen LogP contribution in [0.5, 0.6) is 5.75 Å². The molecule has 0 heterocycles. The number of nitrogens with zero attached hydrogens (tertiary/aromatic N) is 1. The van der Waals surface area contributed by atoms with E-state index in [1.807, 2.05) is 12.1 Å². The fourth-order valence-corrected chi connectivity index (χ4v) is 2.81. The van der Waals surface area contributed by atoms with Crippen LogP contribution in [0.25, 0.3) is 6.08 Å². The lowest BCUT2D eigenvalue weighted by atomic mass is 10.0. The molecule has 0 spiro atoms. The number of ketones is 1. The maximum atomic E-state index is 12.5. The predicted molar refractivity (Wildman–Crippen MR) is 114 cm³/mol. The van der Waals surface area contributed by atoms with E-state index in [0.717, 1.165) is 30.6 Å². The highest BCUT2D eigenvalue weighted by molar-refractivity contribution is 6.07. The van der Waals surface area contributed by atoms with Crippen molar-refractivity contribution in [2.24, 2.45) is 0 Å². The van der Waals surface area contributed by atoms with E-state index < -0.39 is 0 Å². The Hall–Kier alpha value is -2.88. The van der Waals surface area contributed by atoms with E-state index in [9.17, 15) is 9.59 Å². The first-order chi connectivity index (χ1) is 13.5. The first-order valence-electron chi connectivity index (χ1n) is 9.76. The largest absolute Gasteiger partial charge is 0.493 e. The first kappa shape index (κ1) is 21.4. The van der Waals surface area contributed by atoms with Crippen molar-refractivity contribution in [1.29, 1.82) is 0 Å². The van der Waals surface area contributed by atoms with E-state index in [1.54, 1.807) is 44.4 Å². The summed E-state index contributed by atoms with van der Waals surface area (Å²) in [7, 11) is 3.41. The van der Waals surface area contributed by atoms with Gasteiger partial charge in [-0.1, -0.05) is 38.5 Å². The van der Waals surface area contributed by atoms with E-state index >= 15 is 0 Å². The van der Waals surface area contributed by atoms with E-state index in [1.165, 1.54) is 10.5 Å². The number of aryl methyl sites for hydroxylation is 1. The number of ether oxygens (including phenoxy) is 1. The fourth-order valence-electron chi connectivity index (χ4n) is 2.81. The summed E-state index contributed by atoms with van der Waals surface area (Å²) in [4.78, 5) is 26.0. The first-order valence-corrected chi connectivity index (χ1v) is 9.76. The quantitative estimate of drug-likeness (QED) is 0.454. The second-order valence-electron chi connectivity index (χ2n) is 6.95. The van der Waals surface area contributed by atoms with E-state index in [0.29, 0.717) is 17.7 Å². The number of carbonyl (C=O) groups is 2. The normalized spacial score (nSPS) is 10.9. The van der Waals surface area contributed by atoms with Crippen LogP contribution < -0.4 is 4.74 Å². The summed E-state index contributed by atoms with van der Waals surface area (Å²) in [5.74, 6) is 0.601. The molecule has 0 radical (unpaired) electrons. The summed E-state index contributed by atoms with van der Waals surface area (Å²) in [6, 6.07) is 12.9. The molecule has 4 heteroatoms. The number of carbonyl (C=O) groups excluding carboxylic acids is 2. The van der Waals surface area contributed by atoms with Crippen LogP contribution in [0.1, 0.15) is 58.5 Å². The fraction of sp³-hybridized carbons (Fsp3) is 0.333. The van der Waals surface area contributed by atoms with Gasteiger partial charge in [-0.15, -0.1) is 0 Å². The molecular formula is C24H29NO3. The van der Waals surface area contributed by atoms with Crippen LogP contribution in [0.4, 0.5) is 0 Å². The number of amides is 1. The lowest BCUT2D eigenvalue weighted by Gasteiger charge is -2.10. The highest BCUT2D eigenvalue weighted by atomic mass is 16.5. The summed E-state index contributed by atoms with van der Waals surface area (Å²) in [5.41, 5.74) is 3.25. The number of rotatable bonds is 9. The monoisotopic (exact) mass is 379 g/mol. The molecule has 28 heavy (non-hydrogen) atoms. The Bertz CT molecular complexity index is 835. The maximum Gasteiger partial charge on any atom is 0.253 e. The lowest BCUT2D eigenvalue weighted by molar-refractivity contribution is 0.0827. The van der Waals surface area contributed by atoms with Gasteiger partial charge in [-0.05, 0) is 54.8 Å². The third-order valence-corrected chi connectivity index (χ3v) is 4.31. The van der Waals surface area contributed by atoms with Crippen molar-refractivity contribution in [3.05, 3.63) is 70.8 Å². The Morgan fingerprint density at radius 1 is 0.964 bits per heavy atom. The Labute approximate surface area is 167 Å². The minimum absolute atomic E-state index is 0.0833. The smallest absolute Gasteiger partial charge is 0.253 e. The van der Waals surface area contributed by atoms with Crippen molar-refractivity contribution >= 4 is 17.8 Å². The average Bonchev–Trinajstić information content (AvgIpc) is 2.71. The predicted octanol–water partition coefficient (Wildman–Crippen LogP) is 5.03. The van der Waals surface area contributed by atoms with Crippen LogP contribution in [0, 0.1) is 0 Å². The van der Waals surface area contributed by atoms with Crippen molar-refractivity contribution in [2.45, 2.75) is 33.1 Å². The van der Waals surface area contributed by atoms with Gasteiger partial charge in [-0.25, -0.2) is 0 Å². The Kier molecular flexibility index (Phi) is 8.00. The molecule has 0 aliphatic carbocycles. The SMILES string of the molecule is CCCOc1ccc(CCC)cc1C=CC(=O)c1ccc(C(=O)N(C)C)cc1. The summed E-state index contributed by atoms with van der Waals surface area (Å²) < 4.78 is 5.82. The molecule has 0 unspecified atom stereocenters. The number of hydrogen-bond donors (Lipinski definition) is 0. The number of allylic oxidation sites excluding steroid dienone is 1. The van der Waals surface area contributed by atoms with Gasteiger partial charge in [-0.3, -0.25) is 9.59 Å². The zero-order valence-corrected chi connectivity index (χ0v) is 17.2. The molecule has 2 aromatic carbocycles. The summed E-state index contributed by atoms with van der Waals surface area (Å²) in [6.07, 6.45) is 6.36. The molecule has 2 aromatic rings. The zero-order valence-electron chi connectivity index (χ0n) is 17.2. The minimum atomic E-state index is -0.105. The van der Waals surface area contributed by atoms with Crippen molar-refractivity contribution in [3.8, 4) is 5.75 Å². The van der Waals surface area contributed by atoms with Gasteiger partial charge in [0.2, 0.25) is 0 Å². The molecule has 0 bridgehead atoms. The van der Waals surface area contributed by atoms with Crippen molar-refractivity contribution in [1.82, 2.24) is 4.90 Å². The van der Waals surface area contributed by atoms with Gasteiger partial charge in [-0.2, -0.15) is 0 Å². The minimum Gasteiger partial charge on any atom is -0.493 e. The number of hydrogen-bond acceptors (Lipinski definition) is 3. The van der Waals surface area contributed by atoms with Crippen LogP contribution in [0.2, 0.25) is 0 Å². The molecule has 0 aromatic heterocycles. The van der Waals surface area contributed by atoms with Crippen LogP contribution in [0.3, 0.4) is 0 Å². The van der Waals surface area contributed by atoms with Crippen molar-refractivity contribution < 1.29 is 14.3 Å². The molecule has 0 saturated carbocycles. The van der Waals surface area contributed by atoms with Gasteiger partial charge in [0.05, 0.1) is 6.61 Å². The maximum absolute atomic E-state index is 12.5. The van der Waals surface area contributed by atoms with Gasteiger partial charge in [0.1, 0.15) is 5.75 Å². The molecule has 0 fully saturated rings. The molecular weight excluding hydrogens is 350 g/mol. The van der Waals surface area contributed by atoms with Crippen LogP contribution >= 0.6 is 0 Å². The van der Waals surface area contributed by atoms with E-state index in [2.05, 4.69) is 26.0 Å². The van der Waals surface area contributed by atoms with Crippen molar-refractivity contribution in [2.75, 3.05) is 20.7 Å². The molecule has 0 atom stereocenters. The lowest BCUT2D eigenvalue weighted by Crippen LogP contribution is -2.21. The Balaban J connectivity index is 2.20. The van der Waals surface area contributed by atoms with Gasteiger partial charge < -0.3 is 9.64 Å². The highest BCUT2D eigenvalue weighted by Gasteiger charge is 2.09. The van der Waals surface area contributed by atoms with E-state index in [-0.39, 0.29) is 11.7 Å². The zero-order chi connectivity index (χ0) is 20.5. The van der Waals surface area contributed by atoms with Crippen LogP contribution in [-0.2, 0) is 6.42 Å². The summed E-state index contributed by atoms with van der Waals surface area (Å²) in [6.45, 7) is 4.85. The van der Waals surface area contributed by atoms with Crippen LogP contribution in [0.15, 0.2) is 48.5 Å². The van der Waals surface area contributed by atoms with Gasteiger partial charge in [0.25, 0.3) is 5.91 Å². The third kappa shape index (κ3) is 5.81. The summed E-state index contributed by atoms with van der Waals surface area (Å²) in [5, 5.41) is 0. The summed E-state index contributed by atoms with van der Waals surface area (Å²) >= 11 is 0. The molecule has 0 N–H and O–H groups in total. The average molecular weight is 380 g/mol. The van der Waals surface area contributed by atoms with Gasteiger partial charge in [0.15, 0.2) is 5.78 Å². The second kappa shape index (κ2) is 10.5. The topological polar surface area (TPSA) is 46.6 Å². The molecule has 148 valence electrons. The second-order valence-corrected chi connectivity index (χ2v) is 6.95. The highest BCUT2D eigenvalue weighted by Crippen LogP contribution is 2.23. The molecule has 0 aliphatic rings. The standard InChI is InChI=1S/C24H29NO3/c1-5-7-18-8-15-23(28-16-6-2)21(17-18)13-14-22(26)19-9-11-20(12-10-19)24(27)25(3)4/h8-15,17H,5-7,16H2,1-4H3. The van der Waals surface area contributed by atoms with Crippen LogP contribution in [-0.4, -0.2) is 37.3 Å². The molecule has 2 rings (SSSR count). The van der Waals surface area contributed by atoms with Crippen molar-refractivity contribution in [3.63, 3.8) is 0 Å². The molecule has 1 amide bonds. The van der Waals surface area contributed by atoms with E-state index in [4.69, 9.17) is 4.74 Å². The third-order valence-electron chi connectivity index (χ3n) is 4.31. The molecule has 0 aliphatic heterocycles. The van der Waals surface area contributed by atoms with Gasteiger partial charge in [0, 0.05) is 30.8 Å². The Morgan fingerprint density at radius 2 is 1.64 bits per heavy atom.